The number of hydrogen-bond donors (Lipinski definition) is 0. The molecule has 5 heteroatoms. The molecule has 0 aromatic carbocycles. The first-order chi connectivity index (χ1) is 6.20. The second-order valence-electron chi connectivity index (χ2n) is 2.32. The molecule has 0 unspecified atom stereocenters. The highest BCUT2D eigenvalue weighted by molar-refractivity contribution is 9.08. The van der Waals surface area contributed by atoms with Gasteiger partial charge in [0, 0.05) is 17.1 Å². The van der Waals surface area contributed by atoms with Crippen LogP contribution in [0.1, 0.15) is 17.7 Å². The predicted molar refractivity (Wildman–Crippen MR) is 48.4 cm³/mol. The van der Waals surface area contributed by atoms with E-state index in [0.29, 0.717) is 10.9 Å². The molecule has 13 heavy (non-hydrogen) atoms. The Morgan fingerprint density at radius 2 is 2.31 bits per heavy atom. The van der Waals surface area contributed by atoms with Crippen LogP contribution in [0.15, 0.2) is 12.3 Å². The van der Waals surface area contributed by atoms with Gasteiger partial charge in [0.2, 0.25) is 0 Å². The van der Waals surface area contributed by atoms with Crippen LogP contribution in [-0.4, -0.2) is 12.1 Å². The third kappa shape index (κ3) is 2.15. The molecule has 0 radical (unpaired) electrons. The van der Waals surface area contributed by atoms with Gasteiger partial charge in [-0.3, -0.25) is 4.98 Å². The summed E-state index contributed by atoms with van der Waals surface area (Å²) in [5.74, 6) is 0.161. The van der Waals surface area contributed by atoms with E-state index in [1.807, 2.05) is 0 Å². The summed E-state index contributed by atoms with van der Waals surface area (Å²) in [6.07, 6.45) is -1.26. The lowest BCUT2D eigenvalue weighted by atomic mass is 10.2. The molecule has 1 aromatic heterocycles. The minimum atomic E-state index is -2.60. The molecule has 0 saturated carbocycles. The van der Waals surface area contributed by atoms with Crippen LogP contribution in [0.5, 0.6) is 5.75 Å². The van der Waals surface area contributed by atoms with E-state index >= 15 is 0 Å². The van der Waals surface area contributed by atoms with Gasteiger partial charge < -0.3 is 4.74 Å². The van der Waals surface area contributed by atoms with E-state index < -0.39 is 6.43 Å². The lowest BCUT2D eigenvalue weighted by Crippen LogP contribution is -1.99. The fourth-order valence-corrected chi connectivity index (χ4v) is 1.44. The predicted octanol–water partition coefficient (Wildman–Crippen LogP) is 2.92. The van der Waals surface area contributed by atoms with Crippen LogP contribution in [0.2, 0.25) is 0 Å². The van der Waals surface area contributed by atoms with Crippen LogP contribution in [0.4, 0.5) is 8.78 Å². The van der Waals surface area contributed by atoms with Gasteiger partial charge in [0.15, 0.2) is 0 Å². The van der Waals surface area contributed by atoms with E-state index in [4.69, 9.17) is 4.74 Å². The average molecular weight is 252 g/mol. The van der Waals surface area contributed by atoms with Crippen molar-refractivity contribution in [1.82, 2.24) is 4.98 Å². The smallest absolute Gasteiger partial charge is 0.284 e. The van der Waals surface area contributed by atoms with Crippen molar-refractivity contribution in [2.75, 3.05) is 7.11 Å². The minimum Gasteiger partial charge on any atom is -0.494 e. The fourth-order valence-electron chi connectivity index (χ4n) is 1.00. The van der Waals surface area contributed by atoms with Crippen molar-refractivity contribution in [1.29, 1.82) is 0 Å². The Hall–Kier alpha value is -0.710. The van der Waals surface area contributed by atoms with Crippen LogP contribution in [0.3, 0.4) is 0 Å². The third-order valence-corrected chi connectivity index (χ3v) is 2.17. The van der Waals surface area contributed by atoms with Gasteiger partial charge in [-0.15, -0.1) is 0 Å². The molecule has 1 aromatic rings. The van der Waals surface area contributed by atoms with E-state index in [2.05, 4.69) is 20.9 Å². The Balaban J connectivity index is 3.19. The third-order valence-electron chi connectivity index (χ3n) is 1.57. The monoisotopic (exact) mass is 251 g/mol. The molecule has 1 heterocycles. The molecule has 2 nitrogen and oxygen atoms in total. The molecule has 0 aliphatic heterocycles. The first-order valence-electron chi connectivity index (χ1n) is 3.56. The fraction of sp³-hybridized carbons (Fsp3) is 0.375. The number of methoxy groups -OCH3 is 1. The van der Waals surface area contributed by atoms with Crippen LogP contribution in [0.25, 0.3) is 0 Å². The maximum Gasteiger partial charge on any atom is 0.284 e. The van der Waals surface area contributed by atoms with Gasteiger partial charge in [0.05, 0.1) is 7.11 Å². The van der Waals surface area contributed by atoms with Gasteiger partial charge in [-0.1, -0.05) is 15.9 Å². The van der Waals surface area contributed by atoms with Crippen LogP contribution >= 0.6 is 15.9 Å². The SMILES string of the molecule is COc1c(CBr)ccnc1C(F)F. The summed E-state index contributed by atoms with van der Waals surface area (Å²) in [5.41, 5.74) is 0.368. The summed E-state index contributed by atoms with van der Waals surface area (Å²) in [4.78, 5) is 3.56. The van der Waals surface area contributed by atoms with Crippen molar-refractivity contribution >= 4 is 15.9 Å². The second-order valence-corrected chi connectivity index (χ2v) is 2.88. The Labute approximate surface area is 83.1 Å². The number of nitrogens with zero attached hydrogens (tertiary/aromatic N) is 1. The van der Waals surface area contributed by atoms with Gasteiger partial charge in [-0.05, 0) is 6.07 Å². The van der Waals surface area contributed by atoms with Crippen LogP contribution < -0.4 is 4.74 Å². The topological polar surface area (TPSA) is 22.1 Å². The molecule has 0 saturated heterocycles. The first kappa shape index (κ1) is 10.4. The molecule has 0 aliphatic rings. The number of hydrogen-bond acceptors (Lipinski definition) is 2. The maximum atomic E-state index is 12.4. The maximum absolute atomic E-state index is 12.4. The lowest BCUT2D eigenvalue weighted by Gasteiger charge is -2.09. The molecule has 0 aliphatic carbocycles. The molecule has 0 N–H and O–H groups in total. The number of pyridine rings is 1. The minimum absolute atomic E-state index is 0.161. The lowest BCUT2D eigenvalue weighted by molar-refractivity contribution is 0.141. The highest BCUT2D eigenvalue weighted by Gasteiger charge is 2.17. The van der Waals surface area contributed by atoms with Gasteiger partial charge in [0.25, 0.3) is 6.43 Å². The van der Waals surface area contributed by atoms with Crippen molar-refractivity contribution in [2.45, 2.75) is 11.8 Å². The number of halogens is 3. The van der Waals surface area contributed by atoms with Crippen molar-refractivity contribution in [3.05, 3.63) is 23.5 Å². The molecule has 0 atom stereocenters. The number of aromatic nitrogens is 1. The zero-order valence-corrected chi connectivity index (χ0v) is 8.51. The molecular formula is C8H8BrF2NO. The average Bonchev–Trinajstić information content (AvgIpc) is 2.16. The summed E-state index contributed by atoms with van der Waals surface area (Å²) in [5, 5.41) is 0.471. The first-order valence-corrected chi connectivity index (χ1v) is 4.68. The van der Waals surface area contributed by atoms with E-state index in [1.165, 1.54) is 13.3 Å². The van der Waals surface area contributed by atoms with Crippen LogP contribution in [0, 0.1) is 0 Å². The van der Waals surface area contributed by atoms with E-state index in [1.54, 1.807) is 6.07 Å². The van der Waals surface area contributed by atoms with E-state index in [0.717, 1.165) is 0 Å². The van der Waals surface area contributed by atoms with Gasteiger partial charge in [0.1, 0.15) is 11.4 Å². The molecule has 0 amide bonds. The van der Waals surface area contributed by atoms with Gasteiger partial charge >= 0.3 is 0 Å². The zero-order chi connectivity index (χ0) is 9.84. The van der Waals surface area contributed by atoms with E-state index in [9.17, 15) is 8.78 Å². The van der Waals surface area contributed by atoms with Crippen molar-refractivity contribution in [2.24, 2.45) is 0 Å². The number of rotatable bonds is 3. The van der Waals surface area contributed by atoms with Crippen LogP contribution in [-0.2, 0) is 5.33 Å². The molecule has 0 bridgehead atoms. The zero-order valence-electron chi connectivity index (χ0n) is 6.93. The largest absolute Gasteiger partial charge is 0.494 e. The summed E-state index contributed by atoms with van der Waals surface area (Å²) in [6, 6.07) is 1.64. The standard InChI is InChI=1S/C8H8BrF2NO/c1-13-7-5(4-9)2-3-12-6(7)8(10)11/h2-3,8H,4H2,1H3. The van der Waals surface area contributed by atoms with Crippen molar-refractivity contribution in [3.8, 4) is 5.75 Å². The van der Waals surface area contributed by atoms with Crippen molar-refractivity contribution in [3.63, 3.8) is 0 Å². The molecule has 0 fully saturated rings. The normalized spacial score (nSPS) is 10.5. The van der Waals surface area contributed by atoms with Gasteiger partial charge in [-0.2, -0.15) is 0 Å². The molecule has 72 valence electrons. The Morgan fingerprint density at radius 3 is 2.77 bits per heavy atom. The number of ether oxygens (including phenoxy) is 1. The molecule has 0 spiro atoms. The Morgan fingerprint density at radius 1 is 1.62 bits per heavy atom. The van der Waals surface area contributed by atoms with Crippen molar-refractivity contribution < 1.29 is 13.5 Å². The number of alkyl halides is 3. The summed E-state index contributed by atoms with van der Waals surface area (Å²) >= 11 is 3.18. The Bertz CT molecular complexity index is 293. The Kier molecular flexibility index (Phi) is 3.59. The highest BCUT2D eigenvalue weighted by atomic mass is 79.9. The van der Waals surface area contributed by atoms with Gasteiger partial charge in [-0.25, -0.2) is 8.78 Å². The molecular weight excluding hydrogens is 244 g/mol. The quantitative estimate of drug-likeness (QED) is 0.771. The summed E-state index contributed by atoms with van der Waals surface area (Å²) in [6.45, 7) is 0. The summed E-state index contributed by atoms with van der Waals surface area (Å²) in [7, 11) is 1.36. The molecule has 1 rings (SSSR count). The highest BCUT2D eigenvalue weighted by Crippen LogP contribution is 2.30. The summed E-state index contributed by atoms with van der Waals surface area (Å²) < 4.78 is 29.6. The van der Waals surface area contributed by atoms with E-state index in [-0.39, 0.29) is 11.4 Å². The second kappa shape index (κ2) is 4.50.